The largest absolute Gasteiger partial charge is 0.494 e. The van der Waals surface area contributed by atoms with Crippen LogP contribution in [0, 0.1) is 35.5 Å². The van der Waals surface area contributed by atoms with Gasteiger partial charge in [-0.3, -0.25) is 18.6 Å². The molecule has 10 heteroatoms. The van der Waals surface area contributed by atoms with Crippen molar-refractivity contribution in [2.24, 2.45) is 35.5 Å². The van der Waals surface area contributed by atoms with E-state index in [9.17, 15) is 30.6 Å². The van der Waals surface area contributed by atoms with Crippen molar-refractivity contribution in [1.82, 2.24) is 18.6 Å². The standard InChI is InChI=1S/C42H42N4O6/c47-37-31-25-7-8-26(20-2-1-19(20)25)32(31)38(48)44(37)16-13-43(14-17-45-39(49)33-27-9-10-28(34(33)40(45)50)22-4-3-21(22)27)15-18-46-41(51)35-29-11-12-30(36(35)42(46)52)24-6-5-23(24)29/h1-12,19-30,47-52H,13-18H2/t19-,20?,21-,22?,23+,24?,25?,26?,27?,28?,29?,30?/m0/s1. The molecule has 52 heavy (non-hydrogen) atoms. The van der Waals surface area contributed by atoms with Crippen molar-refractivity contribution in [3.8, 4) is 35.3 Å². The molecule has 0 aliphatic heterocycles. The molecule has 12 atom stereocenters. The van der Waals surface area contributed by atoms with E-state index >= 15 is 0 Å². The van der Waals surface area contributed by atoms with Gasteiger partial charge in [0.15, 0.2) is 35.3 Å². The van der Waals surface area contributed by atoms with E-state index in [0.29, 0.717) is 74.8 Å². The summed E-state index contributed by atoms with van der Waals surface area (Å²) in [5, 5.41) is 69.2. The molecule has 0 amide bonds. The molecule has 0 spiro atoms. The Balaban J connectivity index is 0.847. The van der Waals surface area contributed by atoms with Gasteiger partial charge >= 0.3 is 0 Å². The highest BCUT2D eigenvalue weighted by Gasteiger charge is 2.52. The van der Waals surface area contributed by atoms with E-state index in [-0.39, 0.29) is 70.8 Å². The molecule has 0 aromatic carbocycles. The van der Waals surface area contributed by atoms with E-state index in [1.807, 2.05) is 0 Å². The highest BCUT2D eigenvalue weighted by molar-refractivity contribution is 5.62. The smallest absolute Gasteiger partial charge is 0.198 e. The minimum absolute atomic E-state index is 0.0557. The summed E-state index contributed by atoms with van der Waals surface area (Å²) in [6.45, 7) is 2.28. The second-order valence-corrected chi connectivity index (χ2v) is 16.6. The molecule has 3 heterocycles. The lowest BCUT2D eigenvalue weighted by atomic mass is 9.56. The molecular weight excluding hydrogens is 656 g/mol. The molecule has 6 N–H and O–H groups in total. The second kappa shape index (κ2) is 9.92. The first-order chi connectivity index (χ1) is 25.3. The van der Waals surface area contributed by atoms with Gasteiger partial charge in [0.25, 0.3) is 0 Å². The Hall–Kier alpha value is -4.96. The summed E-state index contributed by atoms with van der Waals surface area (Å²) in [7, 11) is 0. The first-order valence-electron chi connectivity index (χ1n) is 19.1. The number of allylic oxidation sites excluding steroid dienone is 12. The minimum Gasteiger partial charge on any atom is -0.494 e. The second-order valence-electron chi connectivity index (χ2n) is 16.6. The van der Waals surface area contributed by atoms with Gasteiger partial charge in [-0.2, -0.15) is 0 Å². The fourth-order valence-electron chi connectivity index (χ4n) is 12.0. The fraction of sp³-hybridized carbons (Fsp3) is 0.429. The van der Waals surface area contributed by atoms with E-state index in [4.69, 9.17) is 0 Å². The van der Waals surface area contributed by atoms with Crippen LogP contribution in [0.3, 0.4) is 0 Å². The zero-order chi connectivity index (χ0) is 34.9. The van der Waals surface area contributed by atoms with Crippen LogP contribution in [-0.4, -0.2) is 68.9 Å². The normalized spacial score (nSPS) is 35.9. The fourth-order valence-corrected chi connectivity index (χ4v) is 12.0. The van der Waals surface area contributed by atoms with Crippen molar-refractivity contribution in [3.63, 3.8) is 0 Å². The van der Waals surface area contributed by atoms with Crippen molar-refractivity contribution < 1.29 is 30.6 Å². The van der Waals surface area contributed by atoms with E-state index in [2.05, 4.69) is 77.8 Å². The van der Waals surface area contributed by atoms with Crippen LogP contribution in [0.25, 0.3) is 0 Å². The van der Waals surface area contributed by atoms with Crippen LogP contribution >= 0.6 is 0 Å². The highest BCUT2D eigenvalue weighted by Crippen LogP contribution is 2.64. The van der Waals surface area contributed by atoms with Crippen LogP contribution in [0.5, 0.6) is 35.3 Å². The first-order valence-corrected chi connectivity index (χ1v) is 19.1. The van der Waals surface area contributed by atoms with Crippen LogP contribution in [-0.2, 0) is 19.6 Å². The molecule has 3 aromatic heterocycles. The summed E-state index contributed by atoms with van der Waals surface area (Å²) in [5.41, 5.74) is 5.01. The van der Waals surface area contributed by atoms with E-state index in [1.54, 1.807) is 13.7 Å². The van der Waals surface area contributed by atoms with Crippen LogP contribution in [0.1, 0.15) is 68.9 Å². The highest BCUT2D eigenvalue weighted by atomic mass is 16.3. The Morgan fingerprint density at radius 2 is 0.519 bits per heavy atom. The number of aromatic hydroxyl groups is 6. The molecule has 266 valence electrons. The van der Waals surface area contributed by atoms with Crippen LogP contribution in [0.2, 0.25) is 0 Å². The van der Waals surface area contributed by atoms with Gasteiger partial charge in [0.2, 0.25) is 0 Å². The third-order valence-corrected chi connectivity index (χ3v) is 14.8. The van der Waals surface area contributed by atoms with Crippen LogP contribution in [0.4, 0.5) is 0 Å². The Kier molecular flexibility index (Phi) is 5.65. The summed E-state index contributed by atoms with van der Waals surface area (Å²) < 4.78 is 4.88. The molecule has 12 aliphatic carbocycles. The minimum atomic E-state index is 0.0557. The van der Waals surface area contributed by atoms with Crippen molar-refractivity contribution in [3.05, 3.63) is 106 Å². The van der Waals surface area contributed by atoms with Gasteiger partial charge in [0.1, 0.15) is 0 Å². The van der Waals surface area contributed by atoms with Gasteiger partial charge in [0.05, 0.1) is 0 Å². The number of aromatic nitrogens is 3. The number of nitrogens with zero attached hydrogens (tertiary/aromatic N) is 4. The first kappa shape index (κ1) is 29.6. The lowest BCUT2D eigenvalue weighted by Crippen LogP contribution is -2.36. The maximum atomic E-state index is 11.5. The quantitative estimate of drug-likeness (QED) is 0.158. The maximum Gasteiger partial charge on any atom is 0.198 e. The molecule has 3 aromatic rings. The maximum absolute atomic E-state index is 11.5. The van der Waals surface area contributed by atoms with Gasteiger partial charge in [-0.25, -0.2) is 0 Å². The summed E-state index contributed by atoms with van der Waals surface area (Å²) in [6, 6.07) is 0. The summed E-state index contributed by atoms with van der Waals surface area (Å²) in [4.78, 5) is 2.15. The molecule has 0 radical (unpaired) electrons. The Morgan fingerprint density at radius 1 is 0.327 bits per heavy atom. The number of rotatable bonds is 9. The molecule has 6 bridgehead atoms. The zero-order valence-electron chi connectivity index (χ0n) is 28.6. The Morgan fingerprint density at radius 3 is 0.692 bits per heavy atom. The van der Waals surface area contributed by atoms with Crippen LogP contribution < -0.4 is 0 Å². The molecule has 12 aliphatic rings. The number of hydrogen-bond acceptors (Lipinski definition) is 7. The van der Waals surface area contributed by atoms with Crippen molar-refractivity contribution in [1.29, 1.82) is 0 Å². The monoisotopic (exact) mass is 698 g/mol. The average Bonchev–Trinajstić information content (AvgIpc) is 3.61. The third-order valence-electron chi connectivity index (χ3n) is 14.8. The van der Waals surface area contributed by atoms with Crippen molar-refractivity contribution in [2.75, 3.05) is 19.6 Å². The summed E-state index contributed by atoms with van der Waals surface area (Å²) >= 11 is 0. The van der Waals surface area contributed by atoms with Gasteiger partial charge in [-0.05, 0) is 35.5 Å². The molecule has 15 rings (SSSR count). The molecule has 0 saturated carbocycles. The van der Waals surface area contributed by atoms with Crippen LogP contribution in [0.15, 0.2) is 72.9 Å². The van der Waals surface area contributed by atoms with Gasteiger partial charge in [0, 0.05) is 108 Å². The third kappa shape index (κ3) is 3.41. The molecular formula is C42H42N4O6. The summed E-state index contributed by atoms with van der Waals surface area (Å²) in [6.07, 6.45) is 26.3. The molecule has 0 fully saturated rings. The van der Waals surface area contributed by atoms with E-state index in [0.717, 1.165) is 33.4 Å². The lowest BCUT2D eigenvalue weighted by molar-refractivity contribution is 0.220. The van der Waals surface area contributed by atoms with Gasteiger partial charge < -0.3 is 30.6 Å². The molecule has 10 nitrogen and oxygen atoms in total. The molecule has 9 unspecified atom stereocenters. The molecule has 0 saturated heterocycles. The number of hydrogen-bond donors (Lipinski definition) is 6. The van der Waals surface area contributed by atoms with Crippen molar-refractivity contribution in [2.45, 2.75) is 55.1 Å². The predicted octanol–water partition coefficient (Wildman–Crippen LogP) is 5.69. The summed E-state index contributed by atoms with van der Waals surface area (Å²) in [5.74, 6) is 3.16. The average molecular weight is 699 g/mol. The van der Waals surface area contributed by atoms with Crippen molar-refractivity contribution >= 4 is 0 Å². The predicted molar refractivity (Wildman–Crippen MR) is 192 cm³/mol. The Labute approximate surface area is 300 Å². The van der Waals surface area contributed by atoms with Gasteiger partial charge in [-0.1, -0.05) is 72.9 Å². The lowest BCUT2D eigenvalue weighted by Gasteiger charge is -2.47. The Bertz CT molecular complexity index is 1910. The van der Waals surface area contributed by atoms with E-state index in [1.165, 1.54) is 0 Å². The van der Waals surface area contributed by atoms with E-state index < -0.39 is 0 Å². The SMILES string of the molecule is Oc1c2c(c(O)n1CCN(CCn1c(O)c3c(c1O)C1C=CC3C3C=C[C@H]13)CCn1c(O)c3c(c1O)C1C=CC3C3C=C[C@@H]13)C1C=CC2C2C=C[C@H]12. The zero-order valence-corrected chi connectivity index (χ0v) is 28.6. The topological polar surface area (TPSA) is 139 Å². The van der Waals surface area contributed by atoms with Gasteiger partial charge in [-0.15, -0.1) is 0 Å².